The van der Waals surface area contributed by atoms with E-state index in [2.05, 4.69) is 17.6 Å². The van der Waals surface area contributed by atoms with Crippen molar-refractivity contribution in [2.45, 2.75) is 90.2 Å². The average Bonchev–Trinajstić information content (AvgIpc) is 3.21. The number of alkyl halides is 6. The molecule has 5 aromatic rings. The number of hydrogen-bond donors (Lipinski definition) is 3. The van der Waals surface area contributed by atoms with Gasteiger partial charge in [-0.15, -0.1) is 0 Å². The van der Waals surface area contributed by atoms with E-state index >= 15 is 0 Å². The summed E-state index contributed by atoms with van der Waals surface area (Å²) in [5.74, 6) is 1.40. The molecule has 0 spiro atoms. The highest BCUT2D eigenvalue weighted by atomic mass is 19.4. The Labute approximate surface area is 345 Å². The second-order valence-electron chi connectivity index (χ2n) is 14.6. The third-order valence-electron chi connectivity index (χ3n) is 10.00. The maximum absolute atomic E-state index is 14.1. The van der Waals surface area contributed by atoms with Crippen molar-refractivity contribution in [3.63, 3.8) is 0 Å². The number of hydrogen-bond acceptors (Lipinski definition) is 8. The maximum Gasteiger partial charge on any atom is 0.416 e. The van der Waals surface area contributed by atoms with Gasteiger partial charge in [-0.25, -0.2) is 0 Å². The molecule has 0 atom stereocenters. The first kappa shape index (κ1) is 45.9. The molecule has 0 aliphatic heterocycles. The van der Waals surface area contributed by atoms with Crippen molar-refractivity contribution in [2.75, 3.05) is 33.4 Å². The smallest absolute Gasteiger partial charge is 0.416 e. The molecule has 4 aromatic carbocycles. The number of fused-ring (bicyclic) bond motifs is 1. The van der Waals surface area contributed by atoms with Gasteiger partial charge in [0.1, 0.15) is 39.7 Å². The Balaban J connectivity index is 1.26. The fourth-order valence-corrected chi connectivity index (χ4v) is 6.67. The Morgan fingerprint density at radius 3 is 1.80 bits per heavy atom. The molecular formula is C46H52F6N2O6. The minimum atomic E-state index is -4.38. The lowest BCUT2D eigenvalue weighted by Gasteiger charge is -2.17. The summed E-state index contributed by atoms with van der Waals surface area (Å²) in [6, 6.07) is 18.4. The number of nitrogens with one attached hydrogen (secondary N) is 2. The lowest BCUT2D eigenvalue weighted by Crippen LogP contribution is -2.16. The molecule has 0 radical (unpaired) electrons. The third kappa shape index (κ3) is 13.1. The normalized spacial score (nSPS) is 11.9. The molecule has 324 valence electrons. The predicted octanol–water partition coefficient (Wildman–Crippen LogP) is 11.2. The SMILES string of the molecule is CCCCCCc1c(-c2ccc(OCCCCNCc3ccc(C(F)(F)F)cc3)cc2OCCCCNCc2ccc(C(F)(F)F)cc2)oc2cc(OC)cc(O)c2c1=O. The highest BCUT2D eigenvalue weighted by Crippen LogP contribution is 2.39. The first-order valence-electron chi connectivity index (χ1n) is 20.3. The zero-order valence-electron chi connectivity index (χ0n) is 33.9. The van der Waals surface area contributed by atoms with Crippen LogP contribution in [0.1, 0.15) is 86.1 Å². The van der Waals surface area contributed by atoms with Crippen LogP contribution in [0.5, 0.6) is 23.0 Å². The van der Waals surface area contributed by atoms with Gasteiger partial charge in [-0.3, -0.25) is 4.79 Å². The van der Waals surface area contributed by atoms with E-state index in [0.717, 1.165) is 67.5 Å². The summed E-state index contributed by atoms with van der Waals surface area (Å²) >= 11 is 0. The van der Waals surface area contributed by atoms with Gasteiger partial charge in [-0.05, 0) is 99.1 Å². The van der Waals surface area contributed by atoms with E-state index in [1.807, 2.05) is 0 Å². The summed E-state index contributed by atoms with van der Waals surface area (Å²) in [5, 5.41) is 17.4. The van der Waals surface area contributed by atoms with E-state index < -0.39 is 23.5 Å². The minimum absolute atomic E-state index is 0.0742. The summed E-state index contributed by atoms with van der Waals surface area (Å²) in [5.41, 5.74) is 0.928. The molecule has 0 saturated heterocycles. The first-order valence-corrected chi connectivity index (χ1v) is 20.3. The van der Waals surface area contributed by atoms with Crippen LogP contribution in [-0.4, -0.2) is 38.5 Å². The van der Waals surface area contributed by atoms with Crippen LogP contribution in [0.15, 0.2) is 88.1 Å². The fraction of sp³-hybridized carbons (Fsp3) is 0.413. The highest BCUT2D eigenvalue weighted by Gasteiger charge is 2.31. The van der Waals surface area contributed by atoms with Gasteiger partial charge < -0.3 is 34.4 Å². The summed E-state index contributed by atoms with van der Waals surface area (Å²) in [6.07, 6.45) is -1.84. The van der Waals surface area contributed by atoms with Crippen LogP contribution >= 0.6 is 0 Å². The Morgan fingerprint density at radius 2 is 1.25 bits per heavy atom. The van der Waals surface area contributed by atoms with Crippen molar-refractivity contribution in [1.82, 2.24) is 10.6 Å². The van der Waals surface area contributed by atoms with Crippen molar-refractivity contribution in [3.8, 4) is 34.3 Å². The van der Waals surface area contributed by atoms with E-state index in [1.165, 1.54) is 37.4 Å². The molecule has 3 N–H and O–H groups in total. The quantitative estimate of drug-likeness (QED) is 0.0441. The molecule has 0 fully saturated rings. The predicted molar refractivity (Wildman–Crippen MR) is 220 cm³/mol. The van der Waals surface area contributed by atoms with E-state index in [9.17, 15) is 36.2 Å². The Hall–Kier alpha value is -5.21. The number of aromatic hydroxyl groups is 1. The van der Waals surface area contributed by atoms with Gasteiger partial charge in [-0.2, -0.15) is 26.3 Å². The minimum Gasteiger partial charge on any atom is -0.507 e. The number of ether oxygens (including phenoxy) is 3. The second kappa shape index (κ2) is 21.9. The standard InChI is InChI=1S/C46H52F6N2O6/c1-3-4-5-6-11-38-43(56)42-39(55)26-36(57-2)28-41(42)60-44(38)37-21-20-35(58-24-9-7-22-53-29-31-12-16-33(17-13-31)45(47,48)49)27-40(37)59-25-10-8-23-54-30-32-14-18-34(19-15-32)46(50,51)52/h12-21,26-28,53-55H,3-11,22-25,29-30H2,1-2H3. The molecule has 0 bridgehead atoms. The number of unbranched alkanes of at least 4 members (excludes halogenated alkanes) is 5. The highest BCUT2D eigenvalue weighted by molar-refractivity contribution is 5.88. The summed E-state index contributed by atoms with van der Waals surface area (Å²) in [4.78, 5) is 14.1. The molecule has 60 heavy (non-hydrogen) atoms. The Morgan fingerprint density at radius 1 is 0.667 bits per heavy atom. The molecule has 0 aliphatic rings. The lowest BCUT2D eigenvalue weighted by molar-refractivity contribution is -0.138. The number of halogens is 6. The average molecular weight is 843 g/mol. The number of phenolic OH excluding ortho intramolecular Hbond substituents is 1. The number of rotatable bonds is 23. The molecular weight excluding hydrogens is 791 g/mol. The van der Waals surface area contributed by atoms with E-state index in [0.29, 0.717) is 99.2 Å². The van der Waals surface area contributed by atoms with Crippen LogP contribution in [0, 0.1) is 0 Å². The van der Waals surface area contributed by atoms with Crippen LogP contribution in [0.2, 0.25) is 0 Å². The largest absolute Gasteiger partial charge is 0.507 e. The molecule has 0 unspecified atom stereocenters. The molecule has 1 aromatic heterocycles. The Bertz CT molecular complexity index is 2170. The van der Waals surface area contributed by atoms with Crippen molar-refractivity contribution in [1.29, 1.82) is 0 Å². The van der Waals surface area contributed by atoms with Crippen LogP contribution in [0.3, 0.4) is 0 Å². The topological polar surface area (TPSA) is 102 Å². The van der Waals surface area contributed by atoms with Gasteiger partial charge in [-0.1, -0.05) is 50.5 Å². The van der Waals surface area contributed by atoms with Crippen molar-refractivity contribution >= 4 is 11.0 Å². The third-order valence-corrected chi connectivity index (χ3v) is 10.00. The van der Waals surface area contributed by atoms with Crippen LogP contribution in [0.25, 0.3) is 22.3 Å². The van der Waals surface area contributed by atoms with Gasteiger partial charge in [0.05, 0.1) is 37.0 Å². The second-order valence-corrected chi connectivity index (χ2v) is 14.6. The maximum atomic E-state index is 14.1. The van der Waals surface area contributed by atoms with Crippen molar-refractivity contribution < 1.29 is 50.1 Å². The van der Waals surface area contributed by atoms with Crippen molar-refractivity contribution in [2.24, 2.45) is 0 Å². The lowest BCUT2D eigenvalue weighted by atomic mass is 9.98. The number of phenols is 1. The number of benzene rings is 4. The van der Waals surface area contributed by atoms with E-state index in [-0.39, 0.29) is 22.1 Å². The summed E-state index contributed by atoms with van der Waals surface area (Å²) < 4.78 is 102. The molecule has 0 amide bonds. The summed E-state index contributed by atoms with van der Waals surface area (Å²) in [6.45, 7) is 4.90. The molecule has 8 nitrogen and oxygen atoms in total. The van der Waals surface area contributed by atoms with Gasteiger partial charge >= 0.3 is 12.4 Å². The monoisotopic (exact) mass is 842 g/mol. The summed E-state index contributed by atoms with van der Waals surface area (Å²) in [7, 11) is 1.45. The molecule has 0 saturated carbocycles. The van der Waals surface area contributed by atoms with Gasteiger partial charge in [0.15, 0.2) is 5.43 Å². The van der Waals surface area contributed by atoms with Gasteiger partial charge in [0.25, 0.3) is 0 Å². The van der Waals surface area contributed by atoms with Gasteiger partial charge in [0, 0.05) is 36.9 Å². The molecule has 1 heterocycles. The zero-order chi connectivity index (χ0) is 43.1. The van der Waals surface area contributed by atoms with Crippen molar-refractivity contribution in [3.05, 3.63) is 117 Å². The molecule has 14 heteroatoms. The first-order chi connectivity index (χ1) is 28.8. The van der Waals surface area contributed by atoms with Gasteiger partial charge in [0.2, 0.25) is 0 Å². The van der Waals surface area contributed by atoms with Crippen LogP contribution in [-0.2, 0) is 31.9 Å². The molecule has 5 rings (SSSR count). The van der Waals surface area contributed by atoms with Crippen LogP contribution in [0.4, 0.5) is 26.3 Å². The van der Waals surface area contributed by atoms with E-state index in [4.69, 9.17) is 18.6 Å². The fourth-order valence-electron chi connectivity index (χ4n) is 6.67. The van der Waals surface area contributed by atoms with E-state index in [1.54, 1.807) is 24.3 Å². The molecule has 0 aliphatic carbocycles. The Kier molecular flexibility index (Phi) is 16.7. The number of methoxy groups -OCH3 is 1. The van der Waals surface area contributed by atoms with Crippen LogP contribution < -0.4 is 30.3 Å². The zero-order valence-corrected chi connectivity index (χ0v) is 33.9.